The fourth-order valence-electron chi connectivity index (χ4n) is 1.21. The molecule has 5 heteroatoms. The van der Waals surface area contributed by atoms with Crippen molar-refractivity contribution in [2.24, 2.45) is 0 Å². The van der Waals surface area contributed by atoms with Crippen molar-refractivity contribution >= 4 is 10.9 Å². The number of phenols is 1. The van der Waals surface area contributed by atoms with Crippen molar-refractivity contribution in [3.05, 3.63) is 24.4 Å². The summed E-state index contributed by atoms with van der Waals surface area (Å²) in [6.07, 6.45) is 1.63. The summed E-state index contributed by atoms with van der Waals surface area (Å²) in [6.45, 7) is 0.104. The monoisotopic (exact) mass is 194 g/mol. The van der Waals surface area contributed by atoms with E-state index in [1.54, 1.807) is 24.4 Å². The third kappa shape index (κ3) is 1.49. The Morgan fingerprint density at radius 1 is 1.43 bits per heavy atom. The molecule has 0 spiro atoms. The van der Waals surface area contributed by atoms with Crippen LogP contribution in [0.2, 0.25) is 0 Å². The Bertz CT molecular complexity index is 439. The molecular formula is C9H10N2O3. The highest BCUT2D eigenvalue weighted by Crippen LogP contribution is 2.18. The van der Waals surface area contributed by atoms with E-state index in [2.05, 4.69) is 5.10 Å². The molecule has 0 bridgehead atoms. The third-order valence-corrected chi connectivity index (χ3v) is 1.83. The van der Waals surface area contributed by atoms with E-state index in [4.69, 9.17) is 9.94 Å². The van der Waals surface area contributed by atoms with Gasteiger partial charge in [-0.15, -0.1) is 5.10 Å². The summed E-state index contributed by atoms with van der Waals surface area (Å²) in [7, 11) is 0. The zero-order chi connectivity index (χ0) is 9.97. The molecular weight excluding hydrogens is 184 g/mol. The van der Waals surface area contributed by atoms with Gasteiger partial charge in [0.1, 0.15) is 17.9 Å². The van der Waals surface area contributed by atoms with E-state index >= 15 is 0 Å². The van der Waals surface area contributed by atoms with E-state index in [-0.39, 0.29) is 19.0 Å². The second kappa shape index (κ2) is 3.55. The summed E-state index contributed by atoms with van der Waals surface area (Å²) in [5, 5.41) is 22.7. The number of aromatic hydroxyl groups is 1. The van der Waals surface area contributed by atoms with E-state index in [0.717, 1.165) is 5.39 Å². The maximum Gasteiger partial charge on any atom is 0.140 e. The van der Waals surface area contributed by atoms with Crippen LogP contribution in [0.15, 0.2) is 24.4 Å². The second-order valence-corrected chi connectivity index (χ2v) is 2.82. The molecule has 0 aliphatic heterocycles. The van der Waals surface area contributed by atoms with E-state index in [0.29, 0.717) is 5.52 Å². The molecule has 0 saturated heterocycles. The van der Waals surface area contributed by atoms with Crippen LogP contribution in [0.25, 0.3) is 10.9 Å². The number of aromatic nitrogens is 2. The van der Waals surface area contributed by atoms with Crippen LogP contribution in [0.5, 0.6) is 5.75 Å². The number of rotatable bonds is 3. The minimum Gasteiger partial charge on any atom is -0.508 e. The highest BCUT2D eigenvalue weighted by atomic mass is 16.7. The molecule has 0 amide bonds. The van der Waals surface area contributed by atoms with E-state index in [9.17, 15) is 5.11 Å². The predicted molar refractivity (Wildman–Crippen MR) is 49.9 cm³/mol. The van der Waals surface area contributed by atoms with Crippen LogP contribution >= 0.6 is 0 Å². The first-order chi connectivity index (χ1) is 6.81. The zero-order valence-corrected chi connectivity index (χ0v) is 7.42. The lowest BCUT2D eigenvalue weighted by molar-refractivity contribution is 0.0616. The molecule has 0 atom stereocenters. The van der Waals surface area contributed by atoms with Crippen LogP contribution in [0, 0.1) is 0 Å². The number of fused-ring (bicyclic) bond motifs is 1. The zero-order valence-electron chi connectivity index (χ0n) is 7.42. The molecule has 1 aromatic carbocycles. The van der Waals surface area contributed by atoms with Gasteiger partial charge >= 0.3 is 0 Å². The number of phenolic OH excluding ortho intramolecular Hbond substituents is 1. The molecule has 2 rings (SSSR count). The van der Waals surface area contributed by atoms with Crippen molar-refractivity contribution in [1.29, 1.82) is 0 Å². The van der Waals surface area contributed by atoms with Crippen molar-refractivity contribution in [2.75, 3.05) is 13.2 Å². The molecule has 0 unspecified atom stereocenters. The fraction of sp³-hybridized carbons (Fsp3) is 0.222. The highest BCUT2D eigenvalue weighted by Gasteiger charge is 2.03. The molecule has 0 fully saturated rings. The van der Waals surface area contributed by atoms with Gasteiger partial charge in [0, 0.05) is 11.5 Å². The van der Waals surface area contributed by atoms with Crippen molar-refractivity contribution in [3.8, 4) is 5.75 Å². The summed E-state index contributed by atoms with van der Waals surface area (Å²) in [5.74, 6) is 0.159. The minimum atomic E-state index is -0.0693. The Labute approximate surface area is 80.1 Å². The normalized spacial score (nSPS) is 10.6. The van der Waals surface area contributed by atoms with Crippen LogP contribution in [0.3, 0.4) is 0 Å². The maximum absolute atomic E-state index is 9.25. The average molecular weight is 194 g/mol. The molecule has 0 radical (unpaired) electrons. The molecule has 0 aliphatic rings. The first kappa shape index (κ1) is 8.83. The molecule has 0 aliphatic carbocycles. The number of aliphatic hydroxyl groups excluding tert-OH is 1. The van der Waals surface area contributed by atoms with Crippen LogP contribution < -0.4 is 4.84 Å². The highest BCUT2D eigenvalue weighted by molar-refractivity contribution is 5.79. The van der Waals surface area contributed by atoms with Gasteiger partial charge in [0.25, 0.3) is 0 Å². The second-order valence-electron chi connectivity index (χ2n) is 2.82. The molecule has 74 valence electrons. The number of benzene rings is 1. The standard InChI is InChI=1S/C9H10N2O3/c12-3-4-14-11-9-5-8(13)2-1-7(9)6-10-11/h1-2,5-6,12-13H,3-4H2. The molecule has 2 N–H and O–H groups in total. The maximum atomic E-state index is 9.25. The topological polar surface area (TPSA) is 67.5 Å². The quantitative estimate of drug-likeness (QED) is 0.730. The van der Waals surface area contributed by atoms with Crippen molar-refractivity contribution in [3.63, 3.8) is 0 Å². The number of hydrogen-bond donors (Lipinski definition) is 2. The van der Waals surface area contributed by atoms with Crippen LogP contribution in [-0.2, 0) is 0 Å². The summed E-state index contributed by atoms with van der Waals surface area (Å²) >= 11 is 0. The summed E-state index contributed by atoms with van der Waals surface area (Å²) < 4.78 is 0. The number of nitrogens with zero attached hydrogens (tertiary/aromatic N) is 2. The summed E-state index contributed by atoms with van der Waals surface area (Å²) in [6, 6.07) is 4.89. The number of hydrogen-bond acceptors (Lipinski definition) is 4. The van der Waals surface area contributed by atoms with Gasteiger partial charge in [0.2, 0.25) is 0 Å². The van der Waals surface area contributed by atoms with Gasteiger partial charge in [0.15, 0.2) is 0 Å². The van der Waals surface area contributed by atoms with E-state index < -0.39 is 0 Å². The smallest absolute Gasteiger partial charge is 0.140 e. The Kier molecular flexibility index (Phi) is 2.24. The first-order valence-corrected chi connectivity index (χ1v) is 4.22. The first-order valence-electron chi connectivity index (χ1n) is 4.22. The van der Waals surface area contributed by atoms with Gasteiger partial charge in [-0.3, -0.25) is 0 Å². The number of aliphatic hydroxyl groups is 1. The van der Waals surface area contributed by atoms with Gasteiger partial charge in [-0.25, -0.2) is 0 Å². The lowest BCUT2D eigenvalue weighted by atomic mass is 10.2. The minimum absolute atomic E-state index is 0.0693. The van der Waals surface area contributed by atoms with Crippen molar-refractivity contribution in [2.45, 2.75) is 0 Å². The molecule has 14 heavy (non-hydrogen) atoms. The Balaban J connectivity index is 2.40. The molecule has 5 nitrogen and oxygen atoms in total. The Morgan fingerprint density at radius 3 is 3.07 bits per heavy atom. The SMILES string of the molecule is OCCOn1ncc2ccc(O)cc21. The Morgan fingerprint density at radius 2 is 2.29 bits per heavy atom. The largest absolute Gasteiger partial charge is 0.508 e. The van der Waals surface area contributed by atoms with Gasteiger partial charge in [0.05, 0.1) is 12.8 Å². The van der Waals surface area contributed by atoms with Gasteiger partial charge in [-0.1, -0.05) is 4.85 Å². The average Bonchev–Trinajstić information content (AvgIpc) is 2.57. The molecule has 2 aromatic rings. The van der Waals surface area contributed by atoms with Crippen molar-refractivity contribution in [1.82, 2.24) is 9.94 Å². The van der Waals surface area contributed by atoms with Crippen LogP contribution in [0.1, 0.15) is 0 Å². The van der Waals surface area contributed by atoms with Gasteiger partial charge in [-0.05, 0) is 12.1 Å². The predicted octanol–water partition coefficient (Wildman–Crippen LogP) is 0.163. The molecule has 1 aromatic heterocycles. The molecule has 1 heterocycles. The van der Waals surface area contributed by atoms with E-state index in [1.807, 2.05) is 0 Å². The summed E-state index contributed by atoms with van der Waals surface area (Å²) in [4.78, 5) is 6.39. The van der Waals surface area contributed by atoms with Gasteiger partial charge in [-0.2, -0.15) is 0 Å². The lowest BCUT2D eigenvalue weighted by Gasteiger charge is -2.03. The van der Waals surface area contributed by atoms with E-state index in [1.165, 1.54) is 4.85 Å². The Hall–Kier alpha value is -1.75. The molecule has 0 saturated carbocycles. The third-order valence-electron chi connectivity index (χ3n) is 1.83. The summed E-state index contributed by atoms with van der Waals surface area (Å²) in [5.41, 5.74) is 0.679. The van der Waals surface area contributed by atoms with Gasteiger partial charge < -0.3 is 15.1 Å². The van der Waals surface area contributed by atoms with Crippen LogP contribution in [0.4, 0.5) is 0 Å². The van der Waals surface area contributed by atoms with Crippen molar-refractivity contribution < 1.29 is 15.1 Å². The lowest BCUT2D eigenvalue weighted by Crippen LogP contribution is -2.16. The fourth-order valence-corrected chi connectivity index (χ4v) is 1.21. The van der Waals surface area contributed by atoms with Crippen LogP contribution in [-0.4, -0.2) is 33.4 Å².